The molecule has 1 aromatic rings. The first-order valence-corrected chi connectivity index (χ1v) is 6.16. The molecule has 1 aliphatic rings. The SMILES string of the molecule is COc1cc(CNCC2CCOCC2)ccn1. The Bertz CT molecular complexity index is 338. The van der Waals surface area contributed by atoms with Gasteiger partial charge in [0, 0.05) is 32.0 Å². The van der Waals surface area contributed by atoms with Crippen molar-refractivity contribution in [3.63, 3.8) is 0 Å². The Labute approximate surface area is 102 Å². The van der Waals surface area contributed by atoms with Crippen molar-refractivity contribution in [2.45, 2.75) is 19.4 Å². The van der Waals surface area contributed by atoms with E-state index in [4.69, 9.17) is 9.47 Å². The van der Waals surface area contributed by atoms with Crippen LogP contribution in [0.5, 0.6) is 5.88 Å². The molecule has 0 unspecified atom stereocenters. The van der Waals surface area contributed by atoms with Crippen LogP contribution in [0.4, 0.5) is 0 Å². The summed E-state index contributed by atoms with van der Waals surface area (Å²) in [6.07, 6.45) is 4.13. The minimum atomic E-state index is 0.676. The maximum absolute atomic E-state index is 5.34. The highest BCUT2D eigenvalue weighted by Crippen LogP contribution is 2.14. The van der Waals surface area contributed by atoms with Gasteiger partial charge in [0.25, 0.3) is 0 Å². The highest BCUT2D eigenvalue weighted by Gasteiger charge is 2.12. The zero-order chi connectivity index (χ0) is 11.9. The Hall–Kier alpha value is -1.13. The molecule has 2 rings (SSSR count). The largest absolute Gasteiger partial charge is 0.481 e. The van der Waals surface area contributed by atoms with E-state index in [1.54, 1.807) is 13.3 Å². The molecule has 1 fully saturated rings. The summed E-state index contributed by atoms with van der Waals surface area (Å²) in [5, 5.41) is 3.48. The van der Waals surface area contributed by atoms with Gasteiger partial charge in [-0.15, -0.1) is 0 Å². The van der Waals surface area contributed by atoms with E-state index in [1.165, 1.54) is 18.4 Å². The Morgan fingerprint density at radius 2 is 2.29 bits per heavy atom. The van der Waals surface area contributed by atoms with Crippen LogP contribution in [0.25, 0.3) is 0 Å². The fourth-order valence-corrected chi connectivity index (χ4v) is 2.04. The first kappa shape index (κ1) is 12.3. The zero-order valence-electron chi connectivity index (χ0n) is 10.3. The minimum Gasteiger partial charge on any atom is -0.481 e. The molecule has 0 bridgehead atoms. The highest BCUT2D eigenvalue weighted by atomic mass is 16.5. The Morgan fingerprint density at radius 3 is 3.06 bits per heavy atom. The first-order valence-electron chi connectivity index (χ1n) is 6.16. The van der Waals surface area contributed by atoms with Gasteiger partial charge in [0.05, 0.1) is 7.11 Å². The van der Waals surface area contributed by atoms with Crippen molar-refractivity contribution in [2.75, 3.05) is 26.9 Å². The van der Waals surface area contributed by atoms with Gasteiger partial charge in [0.15, 0.2) is 0 Å². The van der Waals surface area contributed by atoms with Crippen LogP contribution in [0.15, 0.2) is 18.3 Å². The monoisotopic (exact) mass is 236 g/mol. The Kier molecular flexibility index (Phi) is 4.76. The number of ether oxygens (including phenoxy) is 2. The maximum Gasteiger partial charge on any atom is 0.213 e. The third-order valence-corrected chi connectivity index (χ3v) is 3.11. The van der Waals surface area contributed by atoms with Gasteiger partial charge in [0.1, 0.15) is 0 Å². The molecular weight excluding hydrogens is 216 g/mol. The number of hydrogen-bond donors (Lipinski definition) is 1. The van der Waals surface area contributed by atoms with Crippen LogP contribution in [-0.4, -0.2) is 31.9 Å². The predicted molar refractivity (Wildman–Crippen MR) is 66.0 cm³/mol. The minimum absolute atomic E-state index is 0.676. The molecule has 4 nitrogen and oxygen atoms in total. The summed E-state index contributed by atoms with van der Waals surface area (Å²) in [6, 6.07) is 3.98. The van der Waals surface area contributed by atoms with Crippen molar-refractivity contribution in [3.05, 3.63) is 23.9 Å². The summed E-state index contributed by atoms with van der Waals surface area (Å²) >= 11 is 0. The van der Waals surface area contributed by atoms with Crippen LogP contribution >= 0.6 is 0 Å². The molecule has 2 heterocycles. The normalized spacial score (nSPS) is 17.0. The molecule has 0 radical (unpaired) electrons. The lowest BCUT2D eigenvalue weighted by molar-refractivity contribution is 0.0662. The van der Waals surface area contributed by atoms with Crippen LogP contribution in [0, 0.1) is 5.92 Å². The fourth-order valence-electron chi connectivity index (χ4n) is 2.04. The van der Waals surface area contributed by atoms with Gasteiger partial charge in [-0.2, -0.15) is 0 Å². The number of nitrogens with zero attached hydrogens (tertiary/aromatic N) is 1. The Morgan fingerprint density at radius 1 is 1.47 bits per heavy atom. The van der Waals surface area contributed by atoms with Crippen molar-refractivity contribution in [2.24, 2.45) is 5.92 Å². The van der Waals surface area contributed by atoms with E-state index in [9.17, 15) is 0 Å². The number of aromatic nitrogens is 1. The van der Waals surface area contributed by atoms with Crippen molar-refractivity contribution in [1.82, 2.24) is 10.3 Å². The summed E-state index contributed by atoms with van der Waals surface area (Å²) in [5.74, 6) is 1.43. The number of rotatable bonds is 5. The van der Waals surface area contributed by atoms with Gasteiger partial charge in [-0.25, -0.2) is 4.98 Å². The van der Waals surface area contributed by atoms with Crippen molar-refractivity contribution >= 4 is 0 Å². The lowest BCUT2D eigenvalue weighted by atomic mass is 10.0. The van der Waals surface area contributed by atoms with Gasteiger partial charge in [-0.05, 0) is 36.9 Å². The molecule has 0 amide bonds. The van der Waals surface area contributed by atoms with Gasteiger partial charge in [-0.1, -0.05) is 0 Å². The molecule has 0 aromatic carbocycles. The van der Waals surface area contributed by atoms with Crippen LogP contribution < -0.4 is 10.1 Å². The molecule has 0 saturated carbocycles. The molecule has 0 atom stereocenters. The number of methoxy groups -OCH3 is 1. The van der Waals surface area contributed by atoms with Gasteiger partial charge < -0.3 is 14.8 Å². The van der Waals surface area contributed by atoms with Crippen molar-refractivity contribution in [1.29, 1.82) is 0 Å². The highest BCUT2D eigenvalue weighted by molar-refractivity contribution is 5.20. The second kappa shape index (κ2) is 6.57. The third-order valence-electron chi connectivity index (χ3n) is 3.11. The topological polar surface area (TPSA) is 43.4 Å². The average molecular weight is 236 g/mol. The summed E-state index contributed by atoms with van der Waals surface area (Å²) in [7, 11) is 1.64. The van der Waals surface area contributed by atoms with Crippen LogP contribution in [0.1, 0.15) is 18.4 Å². The second-order valence-corrected chi connectivity index (χ2v) is 4.39. The van der Waals surface area contributed by atoms with E-state index in [0.717, 1.165) is 32.2 Å². The summed E-state index contributed by atoms with van der Waals surface area (Å²) < 4.78 is 10.4. The number of nitrogens with one attached hydrogen (secondary N) is 1. The lowest BCUT2D eigenvalue weighted by Gasteiger charge is -2.22. The standard InChI is InChI=1S/C13H20N2O2/c1-16-13-8-12(2-5-15-13)10-14-9-11-3-6-17-7-4-11/h2,5,8,11,14H,3-4,6-7,9-10H2,1H3. The molecule has 1 aromatic heterocycles. The first-order chi connectivity index (χ1) is 8.38. The summed E-state index contributed by atoms with van der Waals surface area (Å²) in [6.45, 7) is 3.76. The molecule has 1 saturated heterocycles. The molecule has 94 valence electrons. The molecule has 4 heteroatoms. The molecule has 1 N–H and O–H groups in total. The summed E-state index contributed by atoms with van der Waals surface area (Å²) in [4.78, 5) is 4.09. The van der Waals surface area contributed by atoms with Gasteiger partial charge >= 0.3 is 0 Å². The van der Waals surface area contributed by atoms with Crippen LogP contribution in [-0.2, 0) is 11.3 Å². The zero-order valence-corrected chi connectivity index (χ0v) is 10.3. The predicted octanol–water partition coefficient (Wildman–Crippen LogP) is 1.61. The molecule has 17 heavy (non-hydrogen) atoms. The summed E-state index contributed by atoms with van der Waals surface area (Å²) in [5.41, 5.74) is 1.21. The quantitative estimate of drug-likeness (QED) is 0.843. The molecule has 1 aliphatic heterocycles. The van der Waals surface area contributed by atoms with Crippen LogP contribution in [0.2, 0.25) is 0 Å². The number of hydrogen-bond acceptors (Lipinski definition) is 4. The Balaban J connectivity index is 1.73. The second-order valence-electron chi connectivity index (χ2n) is 4.39. The maximum atomic E-state index is 5.34. The van der Waals surface area contributed by atoms with E-state index < -0.39 is 0 Å². The fraction of sp³-hybridized carbons (Fsp3) is 0.615. The molecule has 0 spiro atoms. The van der Waals surface area contributed by atoms with E-state index in [1.807, 2.05) is 12.1 Å². The average Bonchev–Trinajstić information content (AvgIpc) is 2.40. The lowest BCUT2D eigenvalue weighted by Crippen LogP contribution is -2.27. The van der Waals surface area contributed by atoms with E-state index in [2.05, 4.69) is 10.3 Å². The van der Waals surface area contributed by atoms with E-state index >= 15 is 0 Å². The molecule has 0 aliphatic carbocycles. The van der Waals surface area contributed by atoms with E-state index in [-0.39, 0.29) is 0 Å². The third kappa shape index (κ3) is 3.98. The van der Waals surface area contributed by atoms with Gasteiger partial charge in [0.2, 0.25) is 5.88 Å². The van der Waals surface area contributed by atoms with Crippen molar-refractivity contribution < 1.29 is 9.47 Å². The van der Waals surface area contributed by atoms with Crippen molar-refractivity contribution in [3.8, 4) is 5.88 Å². The van der Waals surface area contributed by atoms with Gasteiger partial charge in [-0.3, -0.25) is 0 Å². The number of pyridine rings is 1. The van der Waals surface area contributed by atoms with E-state index in [0.29, 0.717) is 5.88 Å². The van der Waals surface area contributed by atoms with Crippen LogP contribution in [0.3, 0.4) is 0 Å². The molecular formula is C13H20N2O2. The smallest absolute Gasteiger partial charge is 0.213 e.